The average molecular weight is 295 g/mol. The quantitative estimate of drug-likeness (QED) is 0.808. The van der Waals surface area contributed by atoms with Crippen LogP contribution in [0.25, 0.3) is 0 Å². The van der Waals surface area contributed by atoms with Crippen molar-refractivity contribution in [3.63, 3.8) is 0 Å². The van der Waals surface area contributed by atoms with Gasteiger partial charge in [-0.15, -0.1) is 0 Å². The molecule has 6 heteroatoms. The highest BCUT2D eigenvalue weighted by molar-refractivity contribution is 9.10. The minimum atomic E-state index is -0.0693. The number of rotatable bonds is 4. The van der Waals surface area contributed by atoms with Gasteiger partial charge in [0, 0.05) is 17.2 Å². The second-order valence-electron chi connectivity index (χ2n) is 3.43. The summed E-state index contributed by atoms with van der Waals surface area (Å²) in [5.41, 5.74) is 0.429. The Morgan fingerprint density at radius 3 is 3.00 bits per heavy atom. The van der Waals surface area contributed by atoms with Gasteiger partial charge in [0.05, 0.1) is 6.42 Å². The molecule has 2 heterocycles. The molecular formula is C11H11BrN4O. The molecule has 0 unspecified atom stereocenters. The number of aryl methyl sites for hydroxylation is 1. The molecule has 0 saturated carbocycles. The fourth-order valence-electron chi connectivity index (χ4n) is 1.51. The van der Waals surface area contributed by atoms with E-state index in [1.807, 2.05) is 6.92 Å². The fraction of sp³-hybridized carbons (Fsp3) is 0.273. The lowest BCUT2D eigenvalue weighted by Gasteiger charge is -2.03. The molecule has 0 fully saturated rings. The summed E-state index contributed by atoms with van der Waals surface area (Å²) in [4.78, 5) is 20.2. The summed E-state index contributed by atoms with van der Waals surface area (Å²) < 4.78 is 2.40. The normalized spacial score (nSPS) is 10.5. The predicted molar refractivity (Wildman–Crippen MR) is 65.7 cm³/mol. The molecule has 2 aromatic heterocycles. The van der Waals surface area contributed by atoms with Gasteiger partial charge in [0.1, 0.15) is 17.8 Å². The first-order valence-corrected chi connectivity index (χ1v) is 6.02. The minimum absolute atomic E-state index is 0.0693. The summed E-state index contributed by atoms with van der Waals surface area (Å²) in [5, 5.41) is 4.03. The van der Waals surface area contributed by atoms with E-state index in [1.165, 1.54) is 6.33 Å². The first kappa shape index (κ1) is 11.9. The van der Waals surface area contributed by atoms with Crippen molar-refractivity contribution in [3.8, 4) is 0 Å². The molecule has 0 radical (unpaired) electrons. The molecule has 5 nitrogen and oxygen atoms in total. The first-order valence-electron chi connectivity index (χ1n) is 5.22. The third kappa shape index (κ3) is 2.58. The Hall–Kier alpha value is -1.56. The van der Waals surface area contributed by atoms with Crippen molar-refractivity contribution < 1.29 is 4.79 Å². The van der Waals surface area contributed by atoms with Crippen molar-refractivity contribution in [2.24, 2.45) is 0 Å². The number of carbonyl (C=O) groups is 1. The van der Waals surface area contributed by atoms with Crippen LogP contribution in [0, 0.1) is 0 Å². The van der Waals surface area contributed by atoms with E-state index < -0.39 is 0 Å². The van der Waals surface area contributed by atoms with Gasteiger partial charge in [0.25, 0.3) is 0 Å². The van der Waals surface area contributed by atoms with E-state index >= 15 is 0 Å². The van der Waals surface area contributed by atoms with E-state index in [4.69, 9.17) is 0 Å². The molecule has 0 aliphatic rings. The monoisotopic (exact) mass is 294 g/mol. The largest absolute Gasteiger partial charge is 0.292 e. The van der Waals surface area contributed by atoms with Crippen LogP contribution in [0.5, 0.6) is 0 Å². The fourth-order valence-corrected chi connectivity index (χ4v) is 1.98. The van der Waals surface area contributed by atoms with Crippen molar-refractivity contribution in [2.45, 2.75) is 19.9 Å². The molecular weight excluding hydrogens is 284 g/mol. The summed E-state index contributed by atoms with van der Waals surface area (Å²) in [6.07, 6.45) is 3.27. The second-order valence-corrected chi connectivity index (χ2v) is 4.28. The molecule has 0 bridgehead atoms. The van der Waals surface area contributed by atoms with Crippen LogP contribution in [0.1, 0.15) is 23.2 Å². The lowest BCUT2D eigenvalue weighted by molar-refractivity contribution is 0.0984. The number of carbonyl (C=O) groups excluding carboxylic acids is 1. The summed E-state index contributed by atoms with van der Waals surface area (Å²) in [5.74, 6) is 0.593. The zero-order chi connectivity index (χ0) is 12.3. The number of hydrogen-bond acceptors (Lipinski definition) is 4. The van der Waals surface area contributed by atoms with Crippen molar-refractivity contribution in [1.82, 2.24) is 19.7 Å². The van der Waals surface area contributed by atoms with E-state index in [0.29, 0.717) is 22.5 Å². The van der Waals surface area contributed by atoms with E-state index in [9.17, 15) is 4.79 Å². The number of ketones is 1. The maximum atomic E-state index is 12.0. The van der Waals surface area contributed by atoms with Crippen LogP contribution in [-0.2, 0) is 13.0 Å². The first-order chi connectivity index (χ1) is 8.22. The standard InChI is InChI=1S/C11H11BrN4O/c1-2-16-10(14-7-15-16)6-9(17)11-8(12)4-3-5-13-11/h3-5,7H,2,6H2,1H3. The van der Waals surface area contributed by atoms with E-state index in [-0.39, 0.29) is 12.2 Å². The van der Waals surface area contributed by atoms with E-state index in [2.05, 4.69) is 31.0 Å². The van der Waals surface area contributed by atoms with Gasteiger partial charge in [-0.3, -0.25) is 9.78 Å². The number of nitrogens with zero attached hydrogens (tertiary/aromatic N) is 4. The van der Waals surface area contributed by atoms with Crippen molar-refractivity contribution in [1.29, 1.82) is 0 Å². The van der Waals surface area contributed by atoms with Gasteiger partial charge in [-0.05, 0) is 35.0 Å². The molecule has 88 valence electrons. The smallest absolute Gasteiger partial charge is 0.189 e. The Labute approximate surface area is 107 Å². The van der Waals surface area contributed by atoms with Gasteiger partial charge in [0.2, 0.25) is 0 Å². The molecule has 0 N–H and O–H groups in total. The van der Waals surface area contributed by atoms with Crippen LogP contribution >= 0.6 is 15.9 Å². The third-order valence-electron chi connectivity index (χ3n) is 2.34. The van der Waals surface area contributed by atoms with Crippen LogP contribution in [0.3, 0.4) is 0 Å². The third-order valence-corrected chi connectivity index (χ3v) is 2.98. The molecule has 0 atom stereocenters. The molecule has 0 amide bonds. The molecule has 0 aliphatic heterocycles. The highest BCUT2D eigenvalue weighted by atomic mass is 79.9. The summed E-state index contributed by atoms with van der Waals surface area (Å²) in [7, 11) is 0. The summed E-state index contributed by atoms with van der Waals surface area (Å²) >= 11 is 3.31. The number of pyridine rings is 1. The predicted octanol–water partition coefficient (Wildman–Crippen LogP) is 1.88. The van der Waals surface area contributed by atoms with Gasteiger partial charge in [-0.25, -0.2) is 9.67 Å². The number of Topliss-reactive ketones (excluding diaryl/α,β-unsaturated/α-hetero) is 1. The lowest BCUT2D eigenvalue weighted by Crippen LogP contribution is -2.12. The molecule has 0 aromatic carbocycles. The Morgan fingerprint density at radius 2 is 2.29 bits per heavy atom. The van der Waals surface area contributed by atoms with Crippen LogP contribution in [0.4, 0.5) is 0 Å². The lowest BCUT2D eigenvalue weighted by atomic mass is 10.2. The van der Waals surface area contributed by atoms with Gasteiger partial charge in [-0.1, -0.05) is 0 Å². The minimum Gasteiger partial charge on any atom is -0.292 e. The van der Waals surface area contributed by atoms with Crippen LogP contribution in [0.2, 0.25) is 0 Å². The zero-order valence-electron chi connectivity index (χ0n) is 9.30. The van der Waals surface area contributed by atoms with E-state index in [0.717, 1.165) is 0 Å². The topological polar surface area (TPSA) is 60.7 Å². The van der Waals surface area contributed by atoms with E-state index in [1.54, 1.807) is 23.0 Å². The Kier molecular flexibility index (Phi) is 3.63. The van der Waals surface area contributed by atoms with Gasteiger partial charge >= 0.3 is 0 Å². The summed E-state index contributed by atoms with van der Waals surface area (Å²) in [6.45, 7) is 2.66. The van der Waals surface area contributed by atoms with Crippen LogP contribution < -0.4 is 0 Å². The molecule has 17 heavy (non-hydrogen) atoms. The van der Waals surface area contributed by atoms with Crippen molar-refractivity contribution in [2.75, 3.05) is 0 Å². The molecule has 0 saturated heterocycles. The van der Waals surface area contributed by atoms with Gasteiger partial charge < -0.3 is 0 Å². The zero-order valence-corrected chi connectivity index (χ0v) is 10.9. The maximum Gasteiger partial charge on any atom is 0.189 e. The Bertz CT molecular complexity index is 538. The molecule has 0 spiro atoms. The molecule has 2 rings (SSSR count). The Morgan fingerprint density at radius 1 is 1.47 bits per heavy atom. The number of hydrogen-bond donors (Lipinski definition) is 0. The SMILES string of the molecule is CCn1ncnc1CC(=O)c1ncccc1Br. The number of halogens is 1. The molecule has 0 aliphatic carbocycles. The molecule has 2 aromatic rings. The second kappa shape index (κ2) is 5.18. The maximum absolute atomic E-state index is 12.0. The van der Waals surface area contributed by atoms with Crippen molar-refractivity contribution in [3.05, 3.63) is 40.6 Å². The van der Waals surface area contributed by atoms with Crippen molar-refractivity contribution >= 4 is 21.7 Å². The Balaban J connectivity index is 2.20. The summed E-state index contributed by atoms with van der Waals surface area (Å²) in [6, 6.07) is 3.57. The highest BCUT2D eigenvalue weighted by Gasteiger charge is 2.15. The number of aromatic nitrogens is 4. The van der Waals surface area contributed by atoms with Crippen LogP contribution in [-0.4, -0.2) is 25.5 Å². The van der Waals surface area contributed by atoms with Gasteiger partial charge in [0.15, 0.2) is 5.78 Å². The van der Waals surface area contributed by atoms with Crippen LogP contribution in [0.15, 0.2) is 29.1 Å². The van der Waals surface area contributed by atoms with Gasteiger partial charge in [-0.2, -0.15) is 5.10 Å². The average Bonchev–Trinajstić information content (AvgIpc) is 2.76. The highest BCUT2D eigenvalue weighted by Crippen LogP contribution is 2.15.